The third-order valence-corrected chi connectivity index (χ3v) is 3.63. The highest BCUT2D eigenvalue weighted by atomic mass is 16.1. The van der Waals surface area contributed by atoms with Crippen molar-refractivity contribution in [1.29, 1.82) is 0 Å². The topological polar surface area (TPSA) is 60.0 Å². The molecule has 3 N–H and O–H groups in total. The van der Waals surface area contributed by atoms with E-state index in [1.54, 1.807) is 10.6 Å². The molecule has 1 aromatic heterocycles. The summed E-state index contributed by atoms with van der Waals surface area (Å²) in [5.41, 5.74) is 8.04. The minimum atomic E-state index is 0.0235. The molecule has 2 rings (SSSR count). The summed E-state index contributed by atoms with van der Waals surface area (Å²) in [5.74, 6) is 0. The van der Waals surface area contributed by atoms with Crippen LogP contribution in [-0.4, -0.2) is 17.2 Å². The monoisotopic (exact) mass is 273 g/mol. The fraction of sp³-hybridized carbons (Fsp3) is 0.438. The summed E-state index contributed by atoms with van der Waals surface area (Å²) in [6.45, 7) is 5.47. The van der Waals surface area contributed by atoms with Crippen LogP contribution in [0.1, 0.15) is 25.3 Å². The maximum absolute atomic E-state index is 12.0. The van der Waals surface area contributed by atoms with Crippen LogP contribution in [0.3, 0.4) is 0 Å². The molecule has 0 saturated carbocycles. The average Bonchev–Trinajstić information content (AvgIpc) is 2.45. The summed E-state index contributed by atoms with van der Waals surface area (Å²) >= 11 is 0. The first kappa shape index (κ1) is 14.8. The van der Waals surface area contributed by atoms with Crippen molar-refractivity contribution in [3.63, 3.8) is 0 Å². The zero-order valence-electron chi connectivity index (χ0n) is 12.2. The Balaban J connectivity index is 2.14. The van der Waals surface area contributed by atoms with Gasteiger partial charge >= 0.3 is 0 Å². The van der Waals surface area contributed by atoms with Crippen molar-refractivity contribution in [1.82, 2.24) is 9.88 Å². The summed E-state index contributed by atoms with van der Waals surface area (Å²) in [6, 6.07) is 9.89. The van der Waals surface area contributed by atoms with Crippen molar-refractivity contribution < 1.29 is 0 Å². The van der Waals surface area contributed by atoms with Gasteiger partial charge in [0.25, 0.3) is 5.56 Å². The normalized spacial score (nSPS) is 12.8. The molecule has 4 heteroatoms. The Bertz CT molecular complexity index is 633. The van der Waals surface area contributed by atoms with E-state index in [1.165, 1.54) is 0 Å². The fourth-order valence-electron chi connectivity index (χ4n) is 2.24. The van der Waals surface area contributed by atoms with Crippen LogP contribution >= 0.6 is 0 Å². The van der Waals surface area contributed by atoms with E-state index >= 15 is 0 Å². The Hall–Kier alpha value is -1.65. The highest BCUT2D eigenvalue weighted by molar-refractivity contribution is 5.79. The molecule has 0 aliphatic heterocycles. The summed E-state index contributed by atoms with van der Waals surface area (Å²) in [5, 5.41) is 4.39. The maximum Gasteiger partial charge on any atom is 0.252 e. The molecule has 0 spiro atoms. The molecule has 0 bridgehead atoms. The van der Waals surface area contributed by atoms with Crippen LogP contribution in [0.2, 0.25) is 0 Å². The predicted octanol–water partition coefficient (Wildman–Crippen LogP) is 1.98. The van der Waals surface area contributed by atoms with E-state index in [1.807, 2.05) is 19.1 Å². The van der Waals surface area contributed by atoms with Crippen molar-refractivity contribution in [2.24, 2.45) is 5.73 Å². The second-order valence-electron chi connectivity index (χ2n) is 5.28. The molecule has 4 nitrogen and oxygen atoms in total. The molecule has 1 heterocycles. The number of nitrogens with two attached hydrogens (primary N) is 1. The smallest absolute Gasteiger partial charge is 0.252 e. The Labute approximate surface area is 119 Å². The zero-order valence-corrected chi connectivity index (χ0v) is 12.2. The van der Waals surface area contributed by atoms with Gasteiger partial charge in [-0.05, 0) is 49.4 Å². The van der Waals surface area contributed by atoms with Gasteiger partial charge in [-0.1, -0.05) is 19.1 Å². The van der Waals surface area contributed by atoms with Gasteiger partial charge < -0.3 is 5.73 Å². The predicted molar refractivity (Wildman–Crippen MR) is 83.8 cm³/mol. The van der Waals surface area contributed by atoms with Crippen LogP contribution in [0.25, 0.3) is 10.9 Å². The van der Waals surface area contributed by atoms with Crippen LogP contribution < -0.4 is 16.6 Å². The SMILES string of the molecule is CCC(N)CCNCn1c(=O)ccc2ccc(C)cc21. The first-order chi connectivity index (χ1) is 9.61. The first-order valence-corrected chi connectivity index (χ1v) is 7.18. The lowest BCUT2D eigenvalue weighted by Crippen LogP contribution is -2.31. The number of nitrogens with one attached hydrogen (secondary N) is 1. The molecule has 2 aromatic rings. The molecule has 0 saturated heterocycles. The Morgan fingerprint density at radius 2 is 2.05 bits per heavy atom. The van der Waals surface area contributed by atoms with E-state index in [-0.39, 0.29) is 11.6 Å². The molecular formula is C16H23N3O. The van der Waals surface area contributed by atoms with Crippen molar-refractivity contribution in [3.8, 4) is 0 Å². The van der Waals surface area contributed by atoms with Gasteiger partial charge in [-0.3, -0.25) is 14.7 Å². The zero-order chi connectivity index (χ0) is 14.5. The number of benzene rings is 1. The second kappa shape index (κ2) is 6.68. The van der Waals surface area contributed by atoms with Gasteiger partial charge in [-0.15, -0.1) is 0 Å². The van der Waals surface area contributed by atoms with Crippen LogP contribution in [0.4, 0.5) is 0 Å². The molecule has 0 amide bonds. The molecule has 1 atom stereocenters. The summed E-state index contributed by atoms with van der Waals surface area (Å²) in [4.78, 5) is 12.0. The number of aromatic nitrogens is 1. The molecule has 0 radical (unpaired) electrons. The van der Waals surface area contributed by atoms with Gasteiger partial charge in [-0.2, -0.15) is 0 Å². The van der Waals surface area contributed by atoms with Crippen molar-refractivity contribution in [2.45, 2.75) is 39.4 Å². The summed E-state index contributed by atoms with van der Waals surface area (Å²) < 4.78 is 1.78. The Morgan fingerprint density at radius 3 is 2.80 bits per heavy atom. The van der Waals surface area contributed by atoms with E-state index in [4.69, 9.17) is 5.73 Å². The van der Waals surface area contributed by atoms with Gasteiger partial charge in [0.05, 0.1) is 12.2 Å². The molecule has 20 heavy (non-hydrogen) atoms. The number of rotatable bonds is 6. The molecule has 0 aliphatic rings. The molecule has 0 fully saturated rings. The molecular weight excluding hydrogens is 250 g/mol. The quantitative estimate of drug-likeness (QED) is 0.791. The van der Waals surface area contributed by atoms with Crippen LogP contribution in [0.15, 0.2) is 35.1 Å². The van der Waals surface area contributed by atoms with Crippen molar-refractivity contribution >= 4 is 10.9 Å². The standard InChI is InChI=1S/C16H23N3O/c1-3-14(17)8-9-18-11-19-15-10-12(2)4-5-13(15)6-7-16(19)20/h4-7,10,14,18H,3,8-9,11,17H2,1-2H3. The molecule has 1 unspecified atom stereocenters. The van der Waals surface area contributed by atoms with Crippen molar-refractivity contribution in [3.05, 3.63) is 46.2 Å². The number of aryl methyl sites for hydroxylation is 1. The third-order valence-electron chi connectivity index (χ3n) is 3.63. The van der Waals surface area contributed by atoms with Gasteiger partial charge in [0.1, 0.15) is 0 Å². The molecule has 0 aliphatic carbocycles. The largest absolute Gasteiger partial charge is 0.328 e. The van der Waals surface area contributed by atoms with E-state index in [2.05, 4.69) is 24.4 Å². The second-order valence-corrected chi connectivity index (χ2v) is 5.28. The summed E-state index contributed by atoms with van der Waals surface area (Å²) in [7, 11) is 0. The highest BCUT2D eigenvalue weighted by Crippen LogP contribution is 2.13. The van der Waals surface area contributed by atoms with Gasteiger partial charge in [-0.25, -0.2) is 0 Å². The van der Waals surface area contributed by atoms with Crippen LogP contribution in [-0.2, 0) is 6.67 Å². The Morgan fingerprint density at radius 1 is 1.30 bits per heavy atom. The Kier molecular flexibility index (Phi) is 4.93. The van der Waals surface area contributed by atoms with Gasteiger partial charge in [0.2, 0.25) is 0 Å². The summed E-state index contributed by atoms with van der Waals surface area (Å²) in [6.07, 6.45) is 1.91. The number of fused-ring (bicyclic) bond motifs is 1. The molecule has 1 aromatic carbocycles. The maximum atomic E-state index is 12.0. The van der Waals surface area contributed by atoms with Gasteiger partial charge in [0, 0.05) is 12.1 Å². The van der Waals surface area contributed by atoms with Gasteiger partial charge in [0.15, 0.2) is 0 Å². The van der Waals surface area contributed by atoms with E-state index in [9.17, 15) is 4.79 Å². The van der Waals surface area contributed by atoms with Crippen LogP contribution in [0.5, 0.6) is 0 Å². The first-order valence-electron chi connectivity index (χ1n) is 7.18. The number of hydrogen-bond acceptors (Lipinski definition) is 3. The fourth-order valence-corrected chi connectivity index (χ4v) is 2.24. The van der Waals surface area contributed by atoms with Crippen molar-refractivity contribution in [2.75, 3.05) is 6.54 Å². The van der Waals surface area contributed by atoms with E-state index < -0.39 is 0 Å². The highest BCUT2D eigenvalue weighted by Gasteiger charge is 2.03. The van der Waals surface area contributed by atoms with E-state index in [0.29, 0.717) is 6.67 Å². The number of nitrogens with zero attached hydrogens (tertiary/aromatic N) is 1. The molecule has 108 valence electrons. The number of hydrogen-bond donors (Lipinski definition) is 2. The lowest BCUT2D eigenvalue weighted by molar-refractivity contribution is 0.503. The lowest BCUT2D eigenvalue weighted by Gasteiger charge is -2.13. The minimum absolute atomic E-state index is 0.0235. The lowest BCUT2D eigenvalue weighted by atomic mass is 10.1. The van der Waals surface area contributed by atoms with E-state index in [0.717, 1.165) is 35.9 Å². The minimum Gasteiger partial charge on any atom is -0.328 e. The third kappa shape index (κ3) is 3.46. The number of pyridine rings is 1. The van der Waals surface area contributed by atoms with Crippen LogP contribution in [0, 0.1) is 6.92 Å². The average molecular weight is 273 g/mol.